The van der Waals surface area contributed by atoms with Gasteiger partial charge in [0.15, 0.2) is 0 Å². The third-order valence-electron chi connectivity index (χ3n) is 4.31. The molecule has 1 aromatic carbocycles. The second-order valence-corrected chi connectivity index (χ2v) is 8.37. The van der Waals surface area contributed by atoms with Gasteiger partial charge in [0.2, 0.25) is 0 Å². The number of aromatic amines is 1. The fourth-order valence-corrected chi connectivity index (χ4v) is 5.24. The average molecular weight is 386 g/mol. The van der Waals surface area contributed by atoms with Crippen molar-refractivity contribution in [3.63, 3.8) is 0 Å². The Morgan fingerprint density at radius 3 is 2.96 bits per heavy atom. The predicted molar refractivity (Wildman–Crippen MR) is 104 cm³/mol. The number of aryl methyl sites for hydroxylation is 2. The van der Waals surface area contributed by atoms with E-state index in [1.165, 1.54) is 4.88 Å². The van der Waals surface area contributed by atoms with Gasteiger partial charge in [-0.25, -0.2) is 4.98 Å². The Kier molecular flexibility index (Phi) is 5.08. The SMILES string of the molecule is O=C(CCSc1ccccc1)OCc1nc2sc3c(c2c(=O)[nH]1)CCC3. The van der Waals surface area contributed by atoms with Crippen molar-refractivity contribution >= 4 is 39.3 Å². The number of aromatic nitrogens is 2. The van der Waals surface area contributed by atoms with Crippen molar-refractivity contribution < 1.29 is 9.53 Å². The van der Waals surface area contributed by atoms with Crippen molar-refractivity contribution in [3.8, 4) is 0 Å². The Hall–Kier alpha value is -2.12. The largest absolute Gasteiger partial charge is 0.457 e. The van der Waals surface area contributed by atoms with Crippen LogP contribution in [0.1, 0.15) is 29.1 Å². The lowest BCUT2D eigenvalue weighted by Gasteiger charge is -2.05. The van der Waals surface area contributed by atoms with Gasteiger partial charge in [0.05, 0.1) is 11.8 Å². The number of rotatable bonds is 6. The van der Waals surface area contributed by atoms with E-state index < -0.39 is 0 Å². The molecule has 0 fully saturated rings. The minimum absolute atomic E-state index is 0.00256. The number of esters is 1. The normalized spacial score (nSPS) is 13.1. The van der Waals surface area contributed by atoms with Gasteiger partial charge in [-0.3, -0.25) is 9.59 Å². The summed E-state index contributed by atoms with van der Waals surface area (Å²) in [5.74, 6) is 0.778. The molecule has 26 heavy (non-hydrogen) atoms. The first-order valence-electron chi connectivity index (χ1n) is 8.57. The van der Waals surface area contributed by atoms with Crippen molar-refractivity contribution in [2.24, 2.45) is 0 Å². The molecule has 0 unspecified atom stereocenters. The summed E-state index contributed by atoms with van der Waals surface area (Å²) in [6, 6.07) is 9.93. The molecule has 0 bridgehead atoms. The van der Waals surface area contributed by atoms with Crippen LogP contribution in [0.4, 0.5) is 0 Å². The van der Waals surface area contributed by atoms with Crippen LogP contribution in [0.2, 0.25) is 0 Å². The van der Waals surface area contributed by atoms with E-state index in [0.29, 0.717) is 18.0 Å². The molecule has 2 heterocycles. The summed E-state index contributed by atoms with van der Waals surface area (Å²) in [4.78, 5) is 34.7. The number of nitrogens with zero attached hydrogens (tertiary/aromatic N) is 1. The lowest BCUT2D eigenvalue weighted by Crippen LogP contribution is -2.14. The number of hydrogen-bond acceptors (Lipinski definition) is 6. The van der Waals surface area contributed by atoms with E-state index in [2.05, 4.69) is 9.97 Å². The number of benzene rings is 1. The molecule has 0 spiro atoms. The number of carbonyl (C=O) groups is 1. The topological polar surface area (TPSA) is 72.0 Å². The number of thiophene rings is 1. The maximum absolute atomic E-state index is 12.4. The highest BCUT2D eigenvalue weighted by molar-refractivity contribution is 7.99. The summed E-state index contributed by atoms with van der Waals surface area (Å²) in [6.45, 7) is 0.00256. The smallest absolute Gasteiger partial charge is 0.307 e. The van der Waals surface area contributed by atoms with Gasteiger partial charge in [-0.15, -0.1) is 23.1 Å². The molecular weight excluding hydrogens is 368 g/mol. The van der Waals surface area contributed by atoms with Gasteiger partial charge in [-0.1, -0.05) is 18.2 Å². The first-order valence-corrected chi connectivity index (χ1v) is 10.4. The van der Waals surface area contributed by atoms with E-state index in [1.807, 2.05) is 30.3 Å². The molecule has 0 amide bonds. The van der Waals surface area contributed by atoms with E-state index >= 15 is 0 Å². The lowest BCUT2D eigenvalue weighted by atomic mass is 10.2. The predicted octanol–water partition coefficient (Wildman–Crippen LogP) is 3.70. The number of H-pyrrole nitrogens is 1. The highest BCUT2D eigenvalue weighted by atomic mass is 32.2. The van der Waals surface area contributed by atoms with Crippen LogP contribution in [0, 0.1) is 0 Å². The summed E-state index contributed by atoms with van der Waals surface area (Å²) in [6.07, 6.45) is 3.41. The second-order valence-electron chi connectivity index (χ2n) is 6.12. The third-order valence-corrected chi connectivity index (χ3v) is 6.51. The number of fused-ring (bicyclic) bond motifs is 3. The van der Waals surface area contributed by atoms with E-state index in [-0.39, 0.29) is 18.1 Å². The average Bonchev–Trinajstić information content (AvgIpc) is 3.21. The van der Waals surface area contributed by atoms with Crippen LogP contribution in [-0.4, -0.2) is 21.7 Å². The van der Waals surface area contributed by atoms with E-state index in [1.54, 1.807) is 23.1 Å². The molecule has 0 atom stereocenters. The molecule has 5 nitrogen and oxygen atoms in total. The summed E-state index contributed by atoms with van der Waals surface area (Å²) >= 11 is 3.20. The van der Waals surface area contributed by atoms with Crippen molar-refractivity contribution in [2.75, 3.05) is 5.75 Å². The number of hydrogen-bond donors (Lipinski definition) is 1. The van der Waals surface area contributed by atoms with Crippen LogP contribution in [0.3, 0.4) is 0 Å². The van der Waals surface area contributed by atoms with Crippen molar-refractivity contribution in [1.29, 1.82) is 0 Å². The van der Waals surface area contributed by atoms with Crippen molar-refractivity contribution in [3.05, 3.63) is 57.0 Å². The van der Waals surface area contributed by atoms with Gasteiger partial charge in [0.25, 0.3) is 5.56 Å². The molecule has 134 valence electrons. The van der Waals surface area contributed by atoms with Gasteiger partial charge in [0.1, 0.15) is 17.3 Å². The summed E-state index contributed by atoms with van der Waals surface area (Å²) in [7, 11) is 0. The van der Waals surface area contributed by atoms with Crippen LogP contribution in [0.25, 0.3) is 10.2 Å². The molecule has 1 aliphatic carbocycles. The Balaban J connectivity index is 1.34. The van der Waals surface area contributed by atoms with E-state index in [0.717, 1.165) is 39.9 Å². The monoisotopic (exact) mass is 386 g/mol. The number of thioether (sulfide) groups is 1. The number of ether oxygens (including phenoxy) is 1. The molecule has 1 aliphatic rings. The maximum Gasteiger partial charge on any atom is 0.307 e. The molecule has 4 rings (SSSR count). The first kappa shape index (κ1) is 17.3. The minimum Gasteiger partial charge on any atom is -0.457 e. The van der Waals surface area contributed by atoms with Crippen LogP contribution in [-0.2, 0) is 29.0 Å². The standard InChI is InChI=1S/C19H18N2O3S2/c22-16(9-10-25-12-5-2-1-3-6-12)24-11-15-20-18(23)17-13-7-4-8-14(13)26-19(17)21-15/h1-3,5-6H,4,7-11H2,(H,20,21,23). The summed E-state index contributed by atoms with van der Waals surface area (Å²) in [5.41, 5.74) is 1.03. The Bertz CT molecular complexity index is 995. The van der Waals surface area contributed by atoms with Crippen LogP contribution in [0.15, 0.2) is 40.0 Å². The molecule has 3 aromatic rings. The van der Waals surface area contributed by atoms with Gasteiger partial charge < -0.3 is 9.72 Å². The third kappa shape index (κ3) is 3.68. The molecule has 0 radical (unpaired) electrons. The first-order chi connectivity index (χ1) is 12.7. The fourth-order valence-electron chi connectivity index (χ4n) is 3.11. The fraction of sp³-hybridized carbons (Fsp3) is 0.316. The lowest BCUT2D eigenvalue weighted by molar-refractivity contribution is -0.144. The highest BCUT2D eigenvalue weighted by Gasteiger charge is 2.21. The molecule has 0 saturated carbocycles. The zero-order valence-electron chi connectivity index (χ0n) is 14.1. The number of carbonyl (C=O) groups excluding carboxylic acids is 1. The zero-order valence-corrected chi connectivity index (χ0v) is 15.8. The minimum atomic E-state index is -0.287. The quantitative estimate of drug-likeness (QED) is 0.517. The molecule has 2 aromatic heterocycles. The molecule has 0 saturated heterocycles. The van der Waals surface area contributed by atoms with Gasteiger partial charge in [-0.2, -0.15) is 0 Å². The molecule has 7 heteroatoms. The Morgan fingerprint density at radius 2 is 2.12 bits per heavy atom. The second kappa shape index (κ2) is 7.63. The van der Waals surface area contributed by atoms with Crippen molar-refractivity contribution in [2.45, 2.75) is 37.2 Å². The number of nitrogens with one attached hydrogen (secondary N) is 1. The van der Waals surface area contributed by atoms with Gasteiger partial charge in [0, 0.05) is 15.5 Å². The van der Waals surface area contributed by atoms with Crippen LogP contribution in [0.5, 0.6) is 0 Å². The molecule has 1 N–H and O–H groups in total. The van der Waals surface area contributed by atoms with Crippen molar-refractivity contribution in [1.82, 2.24) is 9.97 Å². The maximum atomic E-state index is 12.4. The zero-order chi connectivity index (χ0) is 17.9. The van der Waals surface area contributed by atoms with E-state index in [4.69, 9.17) is 4.74 Å². The van der Waals surface area contributed by atoms with Gasteiger partial charge >= 0.3 is 5.97 Å². The molecular formula is C19H18N2O3S2. The summed E-state index contributed by atoms with van der Waals surface area (Å²) in [5, 5.41) is 0.719. The van der Waals surface area contributed by atoms with Gasteiger partial charge in [-0.05, 0) is 37.0 Å². The molecule has 0 aliphatic heterocycles. The summed E-state index contributed by atoms with van der Waals surface area (Å²) < 4.78 is 5.27. The van der Waals surface area contributed by atoms with Crippen LogP contribution < -0.4 is 5.56 Å². The Labute approximate surface area is 158 Å². The van der Waals surface area contributed by atoms with E-state index in [9.17, 15) is 9.59 Å². The van der Waals surface area contributed by atoms with Crippen LogP contribution >= 0.6 is 23.1 Å². The Morgan fingerprint density at radius 1 is 1.27 bits per heavy atom. The highest BCUT2D eigenvalue weighted by Crippen LogP contribution is 2.34.